The van der Waals surface area contributed by atoms with Crippen LogP contribution >= 0.6 is 12.4 Å². The summed E-state index contributed by atoms with van der Waals surface area (Å²) in [5, 5.41) is 3.35. The topological polar surface area (TPSA) is 54.5 Å². The Morgan fingerprint density at radius 2 is 2.16 bits per heavy atom. The Morgan fingerprint density at radius 3 is 2.84 bits per heavy atom. The first-order valence-corrected chi connectivity index (χ1v) is 8.05. The smallest absolute Gasteiger partial charge is 0.254 e. The van der Waals surface area contributed by atoms with Crippen LogP contribution in [-0.2, 0) is 0 Å². The Labute approximate surface area is 154 Å². The molecule has 1 aliphatic rings. The van der Waals surface area contributed by atoms with Gasteiger partial charge in [0.25, 0.3) is 5.91 Å². The number of carbonyl (C=O) groups is 1. The standard InChI is InChI=1S/C19H21N3O2.ClH/c1-2-12-24-17-7-5-15(6-8-17)19(23)22-11-10-21-14-18(22)16-4-3-9-20-13-16;/h2-9,13,18,21H,1,10-12,14H2;1H. The molecule has 0 spiro atoms. The molecule has 0 saturated carbocycles. The first-order chi connectivity index (χ1) is 11.8. The summed E-state index contributed by atoms with van der Waals surface area (Å²) >= 11 is 0. The van der Waals surface area contributed by atoms with E-state index in [0.29, 0.717) is 18.7 Å². The maximum absolute atomic E-state index is 12.9. The number of hydrogen-bond acceptors (Lipinski definition) is 4. The van der Waals surface area contributed by atoms with Crippen molar-refractivity contribution < 1.29 is 9.53 Å². The molecule has 1 fully saturated rings. The molecule has 25 heavy (non-hydrogen) atoms. The van der Waals surface area contributed by atoms with E-state index in [-0.39, 0.29) is 24.4 Å². The maximum atomic E-state index is 12.9. The van der Waals surface area contributed by atoms with Crippen molar-refractivity contribution in [3.05, 3.63) is 72.6 Å². The number of nitrogens with zero attached hydrogens (tertiary/aromatic N) is 2. The number of halogens is 1. The van der Waals surface area contributed by atoms with Gasteiger partial charge < -0.3 is 15.0 Å². The maximum Gasteiger partial charge on any atom is 0.254 e. The molecule has 1 N–H and O–H groups in total. The summed E-state index contributed by atoms with van der Waals surface area (Å²) in [7, 11) is 0. The zero-order valence-electron chi connectivity index (χ0n) is 13.9. The van der Waals surface area contributed by atoms with Gasteiger partial charge in [-0.15, -0.1) is 12.4 Å². The zero-order valence-corrected chi connectivity index (χ0v) is 14.7. The summed E-state index contributed by atoms with van der Waals surface area (Å²) < 4.78 is 5.46. The van der Waals surface area contributed by atoms with Crippen LogP contribution in [0.2, 0.25) is 0 Å². The third kappa shape index (κ3) is 4.59. The lowest BCUT2D eigenvalue weighted by Crippen LogP contribution is -2.48. The second-order valence-corrected chi connectivity index (χ2v) is 5.63. The van der Waals surface area contributed by atoms with Crippen molar-refractivity contribution in [2.75, 3.05) is 26.2 Å². The Kier molecular flexibility index (Phi) is 6.98. The molecule has 1 atom stereocenters. The second-order valence-electron chi connectivity index (χ2n) is 5.63. The van der Waals surface area contributed by atoms with E-state index in [0.717, 1.165) is 24.4 Å². The number of nitrogens with one attached hydrogen (secondary N) is 1. The highest BCUT2D eigenvalue weighted by atomic mass is 35.5. The van der Waals surface area contributed by atoms with Gasteiger partial charge in [-0.1, -0.05) is 18.7 Å². The Morgan fingerprint density at radius 1 is 1.36 bits per heavy atom. The van der Waals surface area contributed by atoms with Gasteiger partial charge in [0, 0.05) is 37.6 Å². The van der Waals surface area contributed by atoms with Crippen LogP contribution in [0.15, 0.2) is 61.4 Å². The molecule has 2 aromatic rings. The van der Waals surface area contributed by atoms with E-state index in [1.807, 2.05) is 47.5 Å². The van der Waals surface area contributed by atoms with Crippen molar-refractivity contribution in [1.82, 2.24) is 15.2 Å². The van der Waals surface area contributed by atoms with Crippen molar-refractivity contribution >= 4 is 18.3 Å². The molecule has 0 bridgehead atoms. The summed E-state index contributed by atoms with van der Waals surface area (Å²) in [5.41, 5.74) is 1.71. The summed E-state index contributed by atoms with van der Waals surface area (Å²) in [4.78, 5) is 19.0. The molecule has 3 rings (SSSR count). The van der Waals surface area contributed by atoms with E-state index in [9.17, 15) is 4.79 Å². The molecule has 0 radical (unpaired) electrons. The molecule has 1 aliphatic heterocycles. The summed E-state index contributed by atoms with van der Waals surface area (Å²) in [6.45, 7) is 6.28. The van der Waals surface area contributed by atoms with Gasteiger partial charge in [-0.25, -0.2) is 0 Å². The van der Waals surface area contributed by atoms with Crippen molar-refractivity contribution in [3.8, 4) is 5.75 Å². The molecular formula is C19H22ClN3O2. The highest BCUT2D eigenvalue weighted by Gasteiger charge is 2.28. The van der Waals surface area contributed by atoms with Crippen LogP contribution < -0.4 is 10.1 Å². The Hall–Kier alpha value is -2.37. The Bertz CT molecular complexity index is 692. The predicted octanol–water partition coefficient (Wildman–Crippen LogP) is 2.85. The molecule has 1 saturated heterocycles. The van der Waals surface area contributed by atoms with Gasteiger partial charge in [0.15, 0.2) is 0 Å². The van der Waals surface area contributed by atoms with Crippen LogP contribution in [0.5, 0.6) is 5.75 Å². The van der Waals surface area contributed by atoms with Crippen molar-refractivity contribution in [2.45, 2.75) is 6.04 Å². The van der Waals surface area contributed by atoms with Crippen LogP contribution in [0.3, 0.4) is 0 Å². The number of ether oxygens (including phenoxy) is 1. The van der Waals surface area contributed by atoms with Gasteiger partial charge in [0.2, 0.25) is 0 Å². The number of amides is 1. The molecule has 1 unspecified atom stereocenters. The molecule has 5 nitrogen and oxygen atoms in total. The van der Waals surface area contributed by atoms with Gasteiger partial charge in [0.05, 0.1) is 6.04 Å². The number of piperazine rings is 1. The van der Waals surface area contributed by atoms with Crippen LogP contribution in [0, 0.1) is 0 Å². The lowest BCUT2D eigenvalue weighted by Gasteiger charge is -2.36. The van der Waals surface area contributed by atoms with E-state index in [2.05, 4.69) is 16.9 Å². The average Bonchev–Trinajstić information content (AvgIpc) is 2.67. The number of hydrogen-bond donors (Lipinski definition) is 1. The summed E-state index contributed by atoms with van der Waals surface area (Å²) in [5.74, 6) is 0.760. The number of pyridine rings is 1. The number of rotatable bonds is 5. The summed E-state index contributed by atoms with van der Waals surface area (Å²) in [6.07, 6.45) is 5.26. The highest BCUT2D eigenvalue weighted by molar-refractivity contribution is 5.94. The van der Waals surface area contributed by atoms with E-state index < -0.39 is 0 Å². The van der Waals surface area contributed by atoms with Gasteiger partial charge >= 0.3 is 0 Å². The van der Waals surface area contributed by atoms with Crippen LogP contribution in [0.25, 0.3) is 0 Å². The normalized spacial score (nSPS) is 16.6. The second kappa shape index (κ2) is 9.20. The number of carbonyl (C=O) groups excluding carboxylic acids is 1. The van der Waals surface area contributed by atoms with Gasteiger partial charge in [0.1, 0.15) is 12.4 Å². The van der Waals surface area contributed by atoms with Crippen molar-refractivity contribution in [2.24, 2.45) is 0 Å². The summed E-state index contributed by atoms with van der Waals surface area (Å²) in [6, 6.07) is 11.2. The molecule has 0 aliphatic carbocycles. The van der Waals surface area contributed by atoms with Crippen molar-refractivity contribution in [1.29, 1.82) is 0 Å². The van der Waals surface area contributed by atoms with E-state index >= 15 is 0 Å². The van der Waals surface area contributed by atoms with Gasteiger partial charge in [-0.2, -0.15) is 0 Å². The minimum atomic E-state index is -0.00311. The largest absolute Gasteiger partial charge is 0.490 e. The van der Waals surface area contributed by atoms with E-state index in [1.54, 1.807) is 12.3 Å². The fourth-order valence-corrected chi connectivity index (χ4v) is 2.83. The first-order valence-electron chi connectivity index (χ1n) is 8.05. The van der Waals surface area contributed by atoms with Crippen LogP contribution in [-0.4, -0.2) is 42.0 Å². The molecule has 1 aromatic carbocycles. The lowest BCUT2D eigenvalue weighted by atomic mass is 10.0. The lowest BCUT2D eigenvalue weighted by molar-refractivity contribution is 0.0634. The third-order valence-corrected chi connectivity index (χ3v) is 4.04. The number of benzene rings is 1. The Balaban J connectivity index is 0.00000225. The zero-order chi connectivity index (χ0) is 16.8. The van der Waals surface area contributed by atoms with Crippen LogP contribution in [0.1, 0.15) is 22.0 Å². The molecular weight excluding hydrogens is 338 g/mol. The molecule has 6 heteroatoms. The minimum Gasteiger partial charge on any atom is -0.490 e. The average molecular weight is 360 g/mol. The number of aromatic nitrogens is 1. The molecule has 2 heterocycles. The third-order valence-electron chi connectivity index (χ3n) is 4.04. The fourth-order valence-electron chi connectivity index (χ4n) is 2.83. The van der Waals surface area contributed by atoms with Crippen LogP contribution in [0.4, 0.5) is 0 Å². The minimum absolute atomic E-state index is 0. The monoisotopic (exact) mass is 359 g/mol. The van der Waals surface area contributed by atoms with E-state index in [4.69, 9.17) is 4.74 Å². The van der Waals surface area contributed by atoms with Gasteiger partial charge in [-0.05, 0) is 35.9 Å². The molecule has 132 valence electrons. The molecule has 1 amide bonds. The first kappa shape index (κ1) is 19.0. The van der Waals surface area contributed by atoms with E-state index in [1.165, 1.54) is 0 Å². The quantitative estimate of drug-likeness (QED) is 0.834. The molecule has 1 aromatic heterocycles. The fraction of sp³-hybridized carbons (Fsp3) is 0.263. The van der Waals surface area contributed by atoms with Crippen molar-refractivity contribution in [3.63, 3.8) is 0 Å². The predicted molar refractivity (Wildman–Crippen MR) is 100 cm³/mol. The SMILES string of the molecule is C=CCOc1ccc(C(=O)N2CCNCC2c2cccnc2)cc1.Cl. The van der Waals surface area contributed by atoms with Gasteiger partial charge in [-0.3, -0.25) is 9.78 Å². The highest BCUT2D eigenvalue weighted by Crippen LogP contribution is 2.24.